The molecule has 0 aromatic carbocycles. The van der Waals surface area contributed by atoms with Gasteiger partial charge in [-0.2, -0.15) is 0 Å². The van der Waals surface area contributed by atoms with Crippen LogP contribution < -0.4 is 0 Å². The van der Waals surface area contributed by atoms with E-state index < -0.39 is 0 Å². The van der Waals surface area contributed by atoms with Crippen LogP contribution in [0.3, 0.4) is 0 Å². The van der Waals surface area contributed by atoms with Gasteiger partial charge in [-0.1, -0.05) is 187 Å². The van der Waals surface area contributed by atoms with Crippen molar-refractivity contribution in [1.82, 2.24) is 0 Å². The van der Waals surface area contributed by atoms with Crippen LogP contribution in [0.2, 0.25) is 0 Å². The van der Waals surface area contributed by atoms with Crippen molar-refractivity contribution >= 4 is 5.97 Å². The van der Waals surface area contributed by atoms with Crippen LogP contribution in [-0.4, -0.2) is 12.6 Å². The summed E-state index contributed by atoms with van der Waals surface area (Å²) in [6.07, 6.45) is 40.0. The molecule has 0 spiro atoms. The summed E-state index contributed by atoms with van der Waals surface area (Å²) in [5.74, 6) is -0.0564. The molecule has 0 amide bonds. The molecule has 0 radical (unpaired) electrons. The first-order valence-electron chi connectivity index (χ1n) is 18.5. The quantitative estimate of drug-likeness (QED) is 0.0463. The summed E-state index contributed by atoms with van der Waals surface area (Å²) in [6, 6.07) is 0. The Morgan fingerprint density at radius 3 is 1.07 bits per heavy atom. The van der Waals surface area contributed by atoms with Crippen molar-refractivity contribution < 1.29 is 9.53 Å². The SMILES string of the molecule is CCCCCCCCCCCCCCCCCCOC(=O)/C(C)=C(/CCCC)CCCCCCCCCCCC. The van der Waals surface area contributed by atoms with Crippen LogP contribution in [0.25, 0.3) is 0 Å². The Kier molecular flexibility index (Phi) is 32.1. The van der Waals surface area contributed by atoms with Crippen molar-refractivity contribution in [3.8, 4) is 0 Å². The summed E-state index contributed by atoms with van der Waals surface area (Å²) >= 11 is 0. The summed E-state index contributed by atoms with van der Waals surface area (Å²) in [5.41, 5.74) is 2.26. The maximum absolute atomic E-state index is 12.7. The average Bonchev–Trinajstić information content (AvgIpc) is 2.96. The van der Waals surface area contributed by atoms with E-state index in [1.807, 2.05) is 6.92 Å². The fourth-order valence-electron chi connectivity index (χ4n) is 5.78. The zero-order valence-electron chi connectivity index (χ0n) is 28.2. The van der Waals surface area contributed by atoms with E-state index in [0.29, 0.717) is 6.61 Å². The second-order valence-corrected chi connectivity index (χ2v) is 12.7. The summed E-state index contributed by atoms with van der Waals surface area (Å²) in [7, 11) is 0. The lowest BCUT2D eigenvalue weighted by atomic mass is 9.96. The summed E-state index contributed by atoms with van der Waals surface area (Å²) < 4.78 is 5.69. The normalized spacial score (nSPS) is 12.1. The molecule has 40 heavy (non-hydrogen) atoms. The molecule has 0 aromatic heterocycles. The topological polar surface area (TPSA) is 26.3 Å². The number of esters is 1. The lowest BCUT2D eigenvalue weighted by Crippen LogP contribution is -2.10. The molecular formula is C38H74O2. The molecule has 0 fully saturated rings. The van der Waals surface area contributed by atoms with Gasteiger partial charge in [-0.05, 0) is 39.0 Å². The number of ether oxygens (including phenoxy) is 1. The molecular weight excluding hydrogens is 488 g/mol. The van der Waals surface area contributed by atoms with Crippen LogP contribution in [0.4, 0.5) is 0 Å². The standard InChI is InChI=1S/C38H74O2/c1-5-8-11-13-15-17-19-20-21-22-23-24-26-28-30-32-35-40-38(39)36(4)37(33-10-7-3)34-31-29-27-25-18-16-14-12-9-6-2/h5-35H2,1-4H3/b37-36-. The maximum atomic E-state index is 12.7. The zero-order valence-corrected chi connectivity index (χ0v) is 28.2. The van der Waals surface area contributed by atoms with E-state index >= 15 is 0 Å². The lowest BCUT2D eigenvalue weighted by Gasteiger charge is -2.12. The number of unbranched alkanes of at least 4 members (excludes halogenated alkanes) is 25. The van der Waals surface area contributed by atoms with E-state index in [-0.39, 0.29) is 5.97 Å². The Hall–Kier alpha value is -0.790. The van der Waals surface area contributed by atoms with Gasteiger partial charge in [-0.25, -0.2) is 4.79 Å². The molecule has 2 nitrogen and oxygen atoms in total. The predicted octanol–water partition coefficient (Wildman–Crippen LogP) is 13.6. The third-order valence-corrected chi connectivity index (χ3v) is 8.73. The van der Waals surface area contributed by atoms with Crippen molar-refractivity contribution in [3.63, 3.8) is 0 Å². The van der Waals surface area contributed by atoms with E-state index in [0.717, 1.165) is 24.8 Å². The third kappa shape index (κ3) is 27.4. The van der Waals surface area contributed by atoms with E-state index in [1.165, 1.54) is 179 Å². The molecule has 0 saturated carbocycles. The third-order valence-electron chi connectivity index (χ3n) is 8.73. The number of allylic oxidation sites excluding steroid dienone is 1. The smallest absolute Gasteiger partial charge is 0.333 e. The van der Waals surface area contributed by atoms with E-state index in [2.05, 4.69) is 20.8 Å². The van der Waals surface area contributed by atoms with Crippen LogP contribution in [0.5, 0.6) is 0 Å². The number of carbonyl (C=O) groups is 1. The Bertz CT molecular complexity index is 550. The highest BCUT2D eigenvalue weighted by Gasteiger charge is 2.12. The van der Waals surface area contributed by atoms with Crippen molar-refractivity contribution in [3.05, 3.63) is 11.1 Å². The molecule has 0 atom stereocenters. The minimum atomic E-state index is -0.0564. The summed E-state index contributed by atoms with van der Waals surface area (Å²) in [5, 5.41) is 0. The van der Waals surface area contributed by atoms with Gasteiger partial charge in [0.15, 0.2) is 0 Å². The Morgan fingerprint density at radius 2 is 0.700 bits per heavy atom. The van der Waals surface area contributed by atoms with Gasteiger partial charge in [0, 0.05) is 5.57 Å². The van der Waals surface area contributed by atoms with Gasteiger partial charge in [0.05, 0.1) is 6.61 Å². The van der Waals surface area contributed by atoms with Crippen LogP contribution in [0, 0.1) is 0 Å². The number of rotatable bonds is 32. The van der Waals surface area contributed by atoms with Gasteiger partial charge < -0.3 is 4.74 Å². The molecule has 0 saturated heterocycles. The lowest BCUT2D eigenvalue weighted by molar-refractivity contribution is -0.139. The largest absolute Gasteiger partial charge is 0.462 e. The monoisotopic (exact) mass is 563 g/mol. The minimum Gasteiger partial charge on any atom is -0.462 e. The zero-order chi connectivity index (χ0) is 29.4. The molecule has 0 N–H and O–H groups in total. The van der Waals surface area contributed by atoms with E-state index in [1.54, 1.807) is 0 Å². The number of hydrogen-bond donors (Lipinski definition) is 0. The van der Waals surface area contributed by atoms with Crippen LogP contribution >= 0.6 is 0 Å². The first-order valence-corrected chi connectivity index (χ1v) is 18.5. The van der Waals surface area contributed by atoms with Gasteiger partial charge in [0.2, 0.25) is 0 Å². The molecule has 238 valence electrons. The maximum Gasteiger partial charge on any atom is 0.333 e. The molecule has 0 bridgehead atoms. The molecule has 0 heterocycles. The molecule has 2 heteroatoms. The van der Waals surface area contributed by atoms with Crippen molar-refractivity contribution in [1.29, 1.82) is 0 Å². The van der Waals surface area contributed by atoms with Crippen LogP contribution in [0.1, 0.15) is 220 Å². The summed E-state index contributed by atoms with van der Waals surface area (Å²) in [4.78, 5) is 12.7. The fourth-order valence-corrected chi connectivity index (χ4v) is 5.78. The van der Waals surface area contributed by atoms with Gasteiger partial charge in [0.25, 0.3) is 0 Å². The first-order chi connectivity index (χ1) is 19.7. The molecule has 0 aliphatic carbocycles. The number of carbonyl (C=O) groups excluding carboxylic acids is 1. The Morgan fingerprint density at radius 1 is 0.400 bits per heavy atom. The summed E-state index contributed by atoms with van der Waals surface area (Å²) in [6.45, 7) is 9.42. The first kappa shape index (κ1) is 39.2. The highest BCUT2D eigenvalue weighted by molar-refractivity contribution is 5.88. The van der Waals surface area contributed by atoms with Gasteiger partial charge in [-0.3, -0.25) is 0 Å². The number of hydrogen-bond acceptors (Lipinski definition) is 2. The second-order valence-electron chi connectivity index (χ2n) is 12.7. The molecule has 0 unspecified atom stereocenters. The van der Waals surface area contributed by atoms with Crippen LogP contribution in [0.15, 0.2) is 11.1 Å². The van der Waals surface area contributed by atoms with E-state index in [4.69, 9.17) is 4.74 Å². The average molecular weight is 563 g/mol. The minimum absolute atomic E-state index is 0.0564. The van der Waals surface area contributed by atoms with Crippen molar-refractivity contribution in [2.75, 3.05) is 6.61 Å². The second kappa shape index (κ2) is 32.7. The Labute approximate surface area is 253 Å². The van der Waals surface area contributed by atoms with Gasteiger partial charge in [-0.15, -0.1) is 0 Å². The van der Waals surface area contributed by atoms with Crippen LogP contribution in [-0.2, 0) is 9.53 Å². The molecule has 0 aliphatic heterocycles. The van der Waals surface area contributed by atoms with Crippen molar-refractivity contribution in [2.45, 2.75) is 220 Å². The highest BCUT2D eigenvalue weighted by Crippen LogP contribution is 2.22. The molecule has 0 aliphatic rings. The highest BCUT2D eigenvalue weighted by atomic mass is 16.5. The fraction of sp³-hybridized carbons (Fsp3) is 0.921. The van der Waals surface area contributed by atoms with E-state index in [9.17, 15) is 4.79 Å². The predicted molar refractivity (Wildman–Crippen MR) is 179 cm³/mol. The van der Waals surface area contributed by atoms with Gasteiger partial charge in [0.1, 0.15) is 0 Å². The Balaban J connectivity index is 3.80. The van der Waals surface area contributed by atoms with Gasteiger partial charge >= 0.3 is 5.97 Å². The van der Waals surface area contributed by atoms with Crippen molar-refractivity contribution in [2.24, 2.45) is 0 Å². The molecule has 0 rings (SSSR count). The molecule has 0 aromatic rings.